The van der Waals surface area contributed by atoms with Gasteiger partial charge in [-0.15, -0.1) is 11.3 Å². The summed E-state index contributed by atoms with van der Waals surface area (Å²) in [7, 11) is 1.67. The molecule has 1 aromatic heterocycles. The first kappa shape index (κ1) is 16.2. The Labute approximate surface area is 129 Å². The second-order valence-corrected chi connectivity index (χ2v) is 7.05. The quantitative estimate of drug-likeness (QED) is 0.919. The summed E-state index contributed by atoms with van der Waals surface area (Å²) in [6, 6.07) is 0.0893. The standard InChI is InChI=1S/C14H23N3O3S/c1-14(2,3)20-13(18)17-8-10(11(9-17)19-4)16-7-12-15-5-6-21-12/h5-6,10-11,16H,7-9H2,1-4H3/t10?,11-/m0/s1. The van der Waals surface area contributed by atoms with Crippen molar-refractivity contribution in [2.45, 2.75) is 45.1 Å². The first-order valence-corrected chi connectivity index (χ1v) is 7.89. The number of rotatable bonds is 4. The molecule has 1 fully saturated rings. The van der Waals surface area contributed by atoms with E-state index in [1.807, 2.05) is 26.2 Å². The molecule has 1 amide bonds. The fourth-order valence-electron chi connectivity index (χ4n) is 2.24. The van der Waals surface area contributed by atoms with Gasteiger partial charge >= 0.3 is 6.09 Å². The van der Waals surface area contributed by atoms with Crippen molar-refractivity contribution in [2.75, 3.05) is 20.2 Å². The molecule has 1 unspecified atom stereocenters. The van der Waals surface area contributed by atoms with Crippen LogP contribution in [0.3, 0.4) is 0 Å². The normalized spacial score (nSPS) is 22.6. The SMILES string of the molecule is CO[C@H]1CN(C(=O)OC(C)(C)C)CC1NCc1nccs1. The first-order valence-electron chi connectivity index (χ1n) is 7.01. The molecule has 0 bridgehead atoms. The Hall–Kier alpha value is -1.18. The van der Waals surface area contributed by atoms with Crippen LogP contribution in [0.4, 0.5) is 4.79 Å². The molecule has 21 heavy (non-hydrogen) atoms. The van der Waals surface area contributed by atoms with Gasteiger partial charge in [0.15, 0.2) is 0 Å². The minimum absolute atomic E-state index is 0.0301. The third kappa shape index (κ3) is 4.66. The van der Waals surface area contributed by atoms with Crippen LogP contribution in [0.1, 0.15) is 25.8 Å². The maximum absolute atomic E-state index is 12.1. The summed E-state index contributed by atoms with van der Waals surface area (Å²) in [5, 5.41) is 6.39. The number of aromatic nitrogens is 1. The number of carbonyl (C=O) groups excluding carboxylic acids is 1. The summed E-state index contributed by atoms with van der Waals surface area (Å²) in [6.45, 7) is 7.41. The Morgan fingerprint density at radius 3 is 2.86 bits per heavy atom. The third-order valence-electron chi connectivity index (χ3n) is 3.22. The van der Waals surface area contributed by atoms with Crippen LogP contribution in [0.2, 0.25) is 0 Å². The van der Waals surface area contributed by atoms with Crippen molar-refractivity contribution in [3.05, 3.63) is 16.6 Å². The Kier molecular flexibility index (Phi) is 5.18. The minimum atomic E-state index is -0.480. The van der Waals surface area contributed by atoms with E-state index in [1.165, 1.54) is 0 Å². The van der Waals surface area contributed by atoms with Crippen molar-refractivity contribution < 1.29 is 14.3 Å². The van der Waals surface area contributed by atoms with Gasteiger partial charge in [-0.3, -0.25) is 0 Å². The lowest BCUT2D eigenvalue weighted by molar-refractivity contribution is 0.0252. The van der Waals surface area contributed by atoms with Gasteiger partial charge in [-0.25, -0.2) is 9.78 Å². The molecular weight excluding hydrogens is 290 g/mol. The number of hydrogen-bond acceptors (Lipinski definition) is 6. The lowest BCUT2D eigenvalue weighted by atomic mass is 10.2. The van der Waals surface area contributed by atoms with E-state index in [9.17, 15) is 4.79 Å². The molecule has 0 aromatic carbocycles. The molecule has 0 aliphatic carbocycles. The van der Waals surface area contributed by atoms with Crippen LogP contribution < -0.4 is 5.32 Å². The molecule has 1 aromatic rings. The summed E-state index contributed by atoms with van der Waals surface area (Å²) in [6.07, 6.45) is 1.47. The Morgan fingerprint density at radius 2 is 2.29 bits per heavy atom. The van der Waals surface area contributed by atoms with Crippen LogP contribution in [0, 0.1) is 0 Å². The molecule has 7 heteroatoms. The Balaban J connectivity index is 1.89. The maximum Gasteiger partial charge on any atom is 0.410 e. The molecule has 1 N–H and O–H groups in total. The molecule has 2 atom stereocenters. The van der Waals surface area contributed by atoms with Crippen LogP contribution in [-0.2, 0) is 16.0 Å². The van der Waals surface area contributed by atoms with Gasteiger partial charge < -0.3 is 19.7 Å². The van der Waals surface area contributed by atoms with Crippen molar-refractivity contribution >= 4 is 17.4 Å². The minimum Gasteiger partial charge on any atom is -0.444 e. The summed E-state index contributed by atoms with van der Waals surface area (Å²) < 4.78 is 10.9. The van der Waals surface area contributed by atoms with Crippen molar-refractivity contribution in [2.24, 2.45) is 0 Å². The van der Waals surface area contributed by atoms with Crippen LogP contribution in [-0.4, -0.2) is 53.9 Å². The highest BCUT2D eigenvalue weighted by atomic mass is 32.1. The zero-order valence-corrected chi connectivity index (χ0v) is 13.8. The number of methoxy groups -OCH3 is 1. The largest absolute Gasteiger partial charge is 0.444 e. The van der Waals surface area contributed by atoms with Gasteiger partial charge in [-0.05, 0) is 20.8 Å². The molecule has 0 radical (unpaired) electrons. The monoisotopic (exact) mass is 313 g/mol. The second kappa shape index (κ2) is 6.72. The van der Waals surface area contributed by atoms with E-state index in [0.29, 0.717) is 19.6 Å². The van der Waals surface area contributed by atoms with Gasteiger partial charge in [0, 0.05) is 31.8 Å². The number of nitrogens with zero attached hydrogens (tertiary/aromatic N) is 2. The average molecular weight is 313 g/mol. The molecule has 0 spiro atoms. The van der Waals surface area contributed by atoms with E-state index < -0.39 is 5.60 Å². The van der Waals surface area contributed by atoms with Gasteiger partial charge in [-0.1, -0.05) is 0 Å². The number of likely N-dealkylation sites (tertiary alicyclic amines) is 1. The smallest absolute Gasteiger partial charge is 0.410 e. The summed E-state index contributed by atoms with van der Waals surface area (Å²) in [4.78, 5) is 18.0. The molecule has 6 nitrogen and oxygen atoms in total. The van der Waals surface area contributed by atoms with Crippen molar-refractivity contribution in [3.63, 3.8) is 0 Å². The lowest BCUT2D eigenvalue weighted by Gasteiger charge is -2.24. The molecule has 1 aliphatic rings. The van der Waals surface area contributed by atoms with E-state index in [1.54, 1.807) is 29.5 Å². The topological polar surface area (TPSA) is 63.7 Å². The highest BCUT2D eigenvalue weighted by molar-refractivity contribution is 7.09. The van der Waals surface area contributed by atoms with Gasteiger partial charge in [-0.2, -0.15) is 0 Å². The van der Waals surface area contributed by atoms with Crippen molar-refractivity contribution in [3.8, 4) is 0 Å². The number of nitrogens with one attached hydrogen (secondary N) is 1. The first-order chi connectivity index (χ1) is 9.89. The van der Waals surface area contributed by atoms with Crippen molar-refractivity contribution in [1.29, 1.82) is 0 Å². The zero-order valence-electron chi connectivity index (χ0n) is 13.0. The molecule has 0 saturated carbocycles. The Bertz CT molecular complexity index is 459. The molecule has 1 aliphatic heterocycles. The van der Waals surface area contributed by atoms with E-state index in [-0.39, 0.29) is 18.2 Å². The molecular formula is C14H23N3O3S. The summed E-state index contributed by atoms with van der Waals surface area (Å²) in [5.74, 6) is 0. The Morgan fingerprint density at radius 1 is 1.52 bits per heavy atom. The van der Waals surface area contributed by atoms with Crippen molar-refractivity contribution in [1.82, 2.24) is 15.2 Å². The van der Waals surface area contributed by atoms with Crippen LogP contribution in [0.5, 0.6) is 0 Å². The fraction of sp³-hybridized carbons (Fsp3) is 0.714. The molecule has 118 valence electrons. The van der Waals surface area contributed by atoms with Gasteiger partial charge in [0.2, 0.25) is 0 Å². The number of thiazole rings is 1. The summed E-state index contributed by atoms with van der Waals surface area (Å²) in [5.41, 5.74) is -0.480. The number of carbonyl (C=O) groups is 1. The van der Waals surface area contributed by atoms with E-state index in [4.69, 9.17) is 9.47 Å². The third-order valence-corrected chi connectivity index (χ3v) is 4.00. The van der Waals surface area contributed by atoms with E-state index in [0.717, 1.165) is 5.01 Å². The molecule has 1 saturated heterocycles. The predicted molar refractivity (Wildman–Crippen MR) is 81.3 cm³/mol. The highest BCUT2D eigenvalue weighted by Gasteiger charge is 2.37. The number of hydrogen-bond donors (Lipinski definition) is 1. The lowest BCUT2D eigenvalue weighted by Crippen LogP contribution is -2.40. The number of amides is 1. The van der Waals surface area contributed by atoms with E-state index in [2.05, 4.69) is 10.3 Å². The fourth-order valence-corrected chi connectivity index (χ4v) is 2.81. The van der Waals surface area contributed by atoms with Crippen LogP contribution >= 0.6 is 11.3 Å². The van der Waals surface area contributed by atoms with Crippen LogP contribution in [0.25, 0.3) is 0 Å². The van der Waals surface area contributed by atoms with Gasteiger partial charge in [0.25, 0.3) is 0 Å². The van der Waals surface area contributed by atoms with E-state index >= 15 is 0 Å². The van der Waals surface area contributed by atoms with Gasteiger partial charge in [0.05, 0.1) is 18.7 Å². The number of ether oxygens (including phenoxy) is 2. The average Bonchev–Trinajstić information content (AvgIpc) is 3.03. The molecule has 2 heterocycles. The van der Waals surface area contributed by atoms with Crippen LogP contribution in [0.15, 0.2) is 11.6 Å². The maximum atomic E-state index is 12.1. The summed E-state index contributed by atoms with van der Waals surface area (Å²) >= 11 is 1.61. The van der Waals surface area contributed by atoms with Gasteiger partial charge in [0.1, 0.15) is 10.6 Å². The highest BCUT2D eigenvalue weighted by Crippen LogP contribution is 2.18. The molecule has 2 rings (SSSR count). The zero-order chi connectivity index (χ0) is 15.5. The second-order valence-electron chi connectivity index (χ2n) is 6.07. The predicted octanol–water partition coefficient (Wildman–Crippen LogP) is 1.87.